The Bertz CT molecular complexity index is 896. The number of halogens is 2. The molecule has 1 fully saturated rings. The van der Waals surface area contributed by atoms with E-state index in [-0.39, 0.29) is 11.6 Å². The number of nitrogens with zero attached hydrogens (tertiary/aromatic N) is 4. The first-order valence-corrected chi connectivity index (χ1v) is 8.50. The molecule has 0 aromatic carbocycles. The van der Waals surface area contributed by atoms with Gasteiger partial charge in [0, 0.05) is 37.1 Å². The second-order valence-electron chi connectivity index (χ2n) is 6.05. The van der Waals surface area contributed by atoms with Crippen molar-refractivity contribution in [2.24, 2.45) is 0 Å². The zero-order valence-electron chi connectivity index (χ0n) is 14.8. The van der Waals surface area contributed by atoms with E-state index in [2.05, 4.69) is 15.0 Å². The largest absolute Gasteiger partial charge is 0.308 e. The number of amides is 1. The summed E-state index contributed by atoms with van der Waals surface area (Å²) in [7, 11) is 0. The fraction of sp³-hybridized carbons (Fsp3) is 0.200. The van der Waals surface area contributed by atoms with Gasteiger partial charge in [-0.05, 0) is 49.2 Å². The maximum absolute atomic E-state index is 14.0. The lowest BCUT2D eigenvalue weighted by molar-refractivity contribution is -0.117. The van der Waals surface area contributed by atoms with Crippen LogP contribution in [0.2, 0.25) is 0 Å². The van der Waals surface area contributed by atoms with Crippen LogP contribution in [0.15, 0.2) is 55.0 Å². The van der Waals surface area contributed by atoms with Crippen LogP contribution in [-0.2, 0) is 4.79 Å². The average molecular weight is 368 g/mol. The minimum atomic E-state index is -0.607. The molecule has 0 saturated carbocycles. The van der Waals surface area contributed by atoms with Crippen molar-refractivity contribution in [2.75, 3.05) is 11.4 Å². The number of carbonyl (C=O) groups is 1. The third-order valence-corrected chi connectivity index (χ3v) is 4.04. The number of hydrogen-bond donors (Lipinski definition) is 0. The van der Waals surface area contributed by atoms with E-state index in [0.29, 0.717) is 18.7 Å². The number of aromatic nitrogens is 3. The molecule has 3 aromatic rings. The van der Waals surface area contributed by atoms with Gasteiger partial charge in [0.15, 0.2) is 0 Å². The minimum absolute atomic E-state index is 0.0441. The number of carbonyl (C=O) groups excluding carboxylic acids is 1. The van der Waals surface area contributed by atoms with Gasteiger partial charge in [-0.15, -0.1) is 0 Å². The summed E-state index contributed by atoms with van der Waals surface area (Å²) >= 11 is 0. The summed E-state index contributed by atoms with van der Waals surface area (Å²) in [5.74, 6) is -1.07. The SMILES string of the molecule is Cc1ccc(F)nc1.O=C1CCCN1c1ccc(-c2ccncc2)nc1F. The minimum Gasteiger partial charge on any atom is -0.308 e. The van der Waals surface area contributed by atoms with Gasteiger partial charge in [-0.1, -0.05) is 6.07 Å². The van der Waals surface area contributed by atoms with Crippen LogP contribution in [0.25, 0.3) is 11.3 Å². The molecule has 1 saturated heterocycles. The molecule has 4 heterocycles. The summed E-state index contributed by atoms with van der Waals surface area (Å²) in [4.78, 5) is 24.3. The van der Waals surface area contributed by atoms with E-state index in [9.17, 15) is 13.6 Å². The summed E-state index contributed by atoms with van der Waals surface area (Å²) in [6, 6.07) is 9.89. The van der Waals surface area contributed by atoms with E-state index in [1.54, 1.807) is 42.7 Å². The predicted molar refractivity (Wildman–Crippen MR) is 97.9 cm³/mol. The van der Waals surface area contributed by atoms with Crippen LogP contribution in [0.1, 0.15) is 18.4 Å². The Hall–Kier alpha value is -3.22. The van der Waals surface area contributed by atoms with E-state index in [1.165, 1.54) is 17.2 Å². The van der Waals surface area contributed by atoms with Crippen LogP contribution in [0.5, 0.6) is 0 Å². The number of pyridine rings is 3. The molecular weight excluding hydrogens is 350 g/mol. The molecule has 0 bridgehead atoms. The van der Waals surface area contributed by atoms with Gasteiger partial charge in [0.2, 0.25) is 17.8 Å². The van der Waals surface area contributed by atoms with Gasteiger partial charge in [-0.3, -0.25) is 9.78 Å². The summed E-state index contributed by atoms with van der Waals surface area (Å²) in [5, 5.41) is 0. The van der Waals surface area contributed by atoms with Gasteiger partial charge < -0.3 is 4.90 Å². The van der Waals surface area contributed by atoms with E-state index in [4.69, 9.17) is 0 Å². The van der Waals surface area contributed by atoms with Gasteiger partial charge in [0.05, 0.1) is 11.4 Å². The maximum Gasteiger partial charge on any atom is 0.237 e. The molecule has 5 nitrogen and oxygen atoms in total. The fourth-order valence-corrected chi connectivity index (χ4v) is 2.66. The first-order chi connectivity index (χ1) is 13.0. The fourth-order valence-electron chi connectivity index (χ4n) is 2.66. The molecule has 138 valence electrons. The first-order valence-electron chi connectivity index (χ1n) is 8.50. The monoisotopic (exact) mass is 368 g/mol. The Morgan fingerprint density at radius 2 is 1.81 bits per heavy atom. The average Bonchev–Trinajstić information content (AvgIpc) is 3.11. The summed E-state index contributed by atoms with van der Waals surface area (Å²) in [6.07, 6.45) is 6.00. The van der Waals surface area contributed by atoms with Gasteiger partial charge in [-0.25, -0.2) is 9.97 Å². The molecule has 0 N–H and O–H groups in total. The molecule has 0 aliphatic carbocycles. The summed E-state index contributed by atoms with van der Waals surface area (Å²) < 4.78 is 26.0. The standard InChI is InChI=1S/C14H12FN3O.C6H6FN/c15-14-12(18-9-1-2-13(18)19)4-3-11(17-14)10-5-7-16-8-6-10;1-5-2-3-6(7)8-4-5/h3-8H,1-2,9H2;2-4H,1H3. The molecule has 0 unspecified atom stereocenters. The zero-order chi connectivity index (χ0) is 19.2. The van der Waals surface area contributed by atoms with Gasteiger partial charge in [-0.2, -0.15) is 8.78 Å². The van der Waals surface area contributed by atoms with E-state index < -0.39 is 11.9 Å². The Balaban J connectivity index is 0.000000221. The second-order valence-corrected chi connectivity index (χ2v) is 6.05. The van der Waals surface area contributed by atoms with Gasteiger partial charge in [0.25, 0.3) is 0 Å². The number of hydrogen-bond acceptors (Lipinski definition) is 4. The Morgan fingerprint density at radius 3 is 2.37 bits per heavy atom. The Morgan fingerprint density at radius 1 is 1.04 bits per heavy atom. The Labute approximate surface area is 155 Å². The summed E-state index contributed by atoms with van der Waals surface area (Å²) in [5.41, 5.74) is 2.58. The number of aryl methyl sites for hydroxylation is 1. The molecule has 0 spiro atoms. The molecular formula is C20H18F2N4O. The molecule has 27 heavy (non-hydrogen) atoms. The van der Waals surface area contributed by atoms with Crippen molar-refractivity contribution in [1.29, 1.82) is 0 Å². The van der Waals surface area contributed by atoms with Crippen molar-refractivity contribution >= 4 is 11.6 Å². The molecule has 0 atom stereocenters. The van der Waals surface area contributed by atoms with E-state index in [1.807, 2.05) is 6.92 Å². The summed E-state index contributed by atoms with van der Waals surface area (Å²) in [6.45, 7) is 2.43. The molecule has 4 rings (SSSR count). The zero-order valence-corrected chi connectivity index (χ0v) is 14.8. The Kier molecular flexibility index (Phi) is 5.80. The lowest BCUT2D eigenvalue weighted by Gasteiger charge is -2.16. The number of anilines is 1. The highest BCUT2D eigenvalue weighted by molar-refractivity contribution is 5.95. The van der Waals surface area contributed by atoms with Crippen LogP contribution < -0.4 is 4.90 Å². The quantitative estimate of drug-likeness (QED) is 0.643. The van der Waals surface area contributed by atoms with Crippen molar-refractivity contribution in [3.05, 3.63) is 72.4 Å². The topological polar surface area (TPSA) is 59.0 Å². The van der Waals surface area contributed by atoms with Crippen molar-refractivity contribution < 1.29 is 13.6 Å². The van der Waals surface area contributed by atoms with Crippen LogP contribution in [0, 0.1) is 18.8 Å². The molecule has 1 aliphatic heterocycles. The van der Waals surface area contributed by atoms with Crippen molar-refractivity contribution in [2.45, 2.75) is 19.8 Å². The maximum atomic E-state index is 14.0. The van der Waals surface area contributed by atoms with Crippen molar-refractivity contribution in [3.8, 4) is 11.3 Å². The lowest BCUT2D eigenvalue weighted by atomic mass is 10.2. The van der Waals surface area contributed by atoms with Crippen molar-refractivity contribution in [1.82, 2.24) is 15.0 Å². The third kappa shape index (κ3) is 4.69. The highest BCUT2D eigenvalue weighted by Gasteiger charge is 2.24. The highest BCUT2D eigenvalue weighted by atomic mass is 19.1. The van der Waals surface area contributed by atoms with E-state index >= 15 is 0 Å². The smallest absolute Gasteiger partial charge is 0.237 e. The van der Waals surface area contributed by atoms with Crippen LogP contribution in [0.3, 0.4) is 0 Å². The second kappa shape index (κ2) is 8.44. The lowest BCUT2D eigenvalue weighted by Crippen LogP contribution is -2.25. The molecule has 7 heteroatoms. The van der Waals surface area contributed by atoms with Crippen molar-refractivity contribution in [3.63, 3.8) is 0 Å². The molecule has 3 aromatic heterocycles. The highest BCUT2D eigenvalue weighted by Crippen LogP contribution is 2.26. The number of rotatable bonds is 2. The molecule has 1 amide bonds. The van der Waals surface area contributed by atoms with Gasteiger partial charge in [0.1, 0.15) is 0 Å². The normalized spacial score (nSPS) is 13.3. The first kappa shape index (κ1) is 18.6. The van der Waals surface area contributed by atoms with Crippen LogP contribution in [0.4, 0.5) is 14.5 Å². The third-order valence-electron chi connectivity index (χ3n) is 4.04. The molecule has 0 radical (unpaired) electrons. The van der Waals surface area contributed by atoms with Gasteiger partial charge >= 0.3 is 0 Å². The molecule has 1 aliphatic rings. The van der Waals surface area contributed by atoms with Crippen LogP contribution >= 0.6 is 0 Å². The predicted octanol–water partition coefficient (Wildman–Crippen LogP) is 3.94. The van der Waals surface area contributed by atoms with E-state index in [0.717, 1.165) is 17.5 Å². The van der Waals surface area contributed by atoms with Crippen LogP contribution in [-0.4, -0.2) is 27.4 Å².